The first-order valence-electron chi connectivity index (χ1n) is 2.24. The van der Waals surface area contributed by atoms with Gasteiger partial charge in [0.1, 0.15) is 0 Å². The Morgan fingerprint density at radius 3 is 2.57 bits per heavy atom. The Hall–Kier alpha value is -0.220. The Morgan fingerprint density at radius 1 is 1.86 bits per heavy atom. The van der Waals surface area contributed by atoms with Crippen molar-refractivity contribution < 1.29 is 0 Å². The Kier molecular flexibility index (Phi) is 3.83. The largest absolute Gasteiger partial charge is 0.198 e. The molecule has 40 valence electrons. The van der Waals surface area contributed by atoms with Crippen LogP contribution in [0.4, 0.5) is 0 Å². The number of hydrogen-bond donors (Lipinski definition) is 0. The SMILES string of the molecule is CC(CCl)CC#N. The van der Waals surface area contributed by atoms with Crippen molar-refractivity contribution in [2.45, 2.75) is 13.3 Å². The summed E-state index contributed by atoms with van der Waals surface area (Å²) in [5.41, 5.74) is 0. The number of halogens is 1. The summed E-state index contributed by atoms with van der Waals surface area (Å²) in [5, 5.41) is 8.06. The molecule has 0 N–H and O–H groups in total. The summed E-state index contributed by atoms with van der Waals surface area (Å²) in [7, 11) is 0. The van der Waals surface area contributed by atoms with Gasteiger partial charge in [0.2, 0.25) is 0 Å². The van der Waals surface area contributed by atoms with Crippen molar-refractivity contribution in [1.29, 1.82) is 5.26 Å². The van der Waals surface area contributed by atoms with Crippen molar-refractivity contribution in [2.75, 3.05) is 5.88 Å². The van der Waals surface area contributed by atoms with Crippen LogP contribution in [-0.4, -0.2) is 5.88 Å². The van der Waals surface area contributed by atoms with E-state index < -0.39 is 0 Å². The van der Waals surface area contributed by atoms with Crippen molar-refractivity contribution in [2.24, 2.45) is 5.92 Å². The van der Waals surface area contributed by atoms with Crippen LogP contribution >= 0.6 is 11.6 Å². The van der Waals surface area contributed by atoms with Crippen LogP contribution in [-0.2, 0) is 0 Å². The maximum absolute atomic E-state index is 8.06. The molecule has 0 aliphatic heterocycles. The van der Waals surface area contributed by atoms with Gasteiger partial charge in [-0.25, -0.2) is 0 Å². The van der Waals surface area contributed by atoms with Crippen molar-refractivity contribution in [1.82, 2.24) is 0 Å². The van der Waals surface area contributed by atoms with Gasteiger partial charge >= 0.3 is 0 Å². The zero-order chi connectivity index (χ0) is 5.70. The summed E-state index contributed by atoms with van der Waals surface area (Å²) in [5.74, 6) is 0.944. The molecule has 0 saturated carbocycles. The number of hydrogen-bond acceptors (Lipinski definition) is 1. The second kappa shape index (κ2) is 3.95. The van der Waals surface area contributed by atoms with Gasteiger partial charge in [-0.3, -0.25) is 0 Å². The molecule has 0 aromatic carbocycles. The Balaban J connectivity index is 3.03. The van der Waals surface area contributed by atoms with E-state index in [4.69, 9.17) is 16.9 Å². The molecule has 0 radical (unpaired) electrons. The van der Waals surface area contributed by atoms with Gasteiger partial charge in [0, 0.05) is 12.3 Å². The highest BCUT2D eigenvalue weighted by molar-refractivity contribution is 6.18. The van der Waals surface area contributed by atoms with Crippen LogP contribution in [0.15, 0.2) is 0 Å². The predicted octanol–water partition coefficient (Wildman–Crippen LogP) is 1.77. The first-order chi connectivity index (χ1) is 3.31. The van der Waals surface area contributed by atoms with Crippen LogP contribution in [0.2, 0.25) is 0 Å². The number of nitrogens with zero attached hydrogens (tertiary/aromatic N) is 1. The minimum atomic E-state index is 0.353. The summed E-state index contributed by atoms with van der Waals surface area (Å²) in [6.07, 6.45) is 0.573. The Labute approximate surface area is 48.9 Å². The molecule has 0 heterocycles. The Bertz CT molecular complexity index is 74.6. The summed E-state index contributed by atoms with van der Waals surface area (Å²) < 4.78 is 0. The van der Waals surface area contributed by atoms with E-state index in [2.05, 4.69) is 0 Å². The molecular formula is C5H8ClN. The summed E-state index contributed by atoms with van der Waals surface area (Å²) in [6, 6.07) is 2.03. The highest BCUT2D eigenvalue weighted by Crippen LogP contribution is 2.00. The third-order valence-electron chi connectivity index (χ3n) is 0.703. The summed E-state index contributed by atoms with van der Waals surface area (Å²) >= 11 is 5.38. The molecule has 0 aliphatic rings. The summed E-state index contributed by atoms with van der Waals surface area (Å²) in [4.78, 5) is 0. The van der Waals surface area contributed by atoms with Crippen molar-refractivity contribution in [3.05, 3.63) is 0 Å². The zero-order valence-corrected chi connectivity index (χ0v) is 5.07. The van der Waals surface area contributed by atoms with E-state index in [1.165, 1.54) is 0 Å². The second-order valence-electron chi connectivity index (χ2n) is 1.62. The fraction of sp³-hybridized carbons (Fsp3) is 0.800. The molecule has 0 aliphatic carbocycles. The standard InChI is InChI=1S/C5H8ClN/c1-5(4-6)2-3-7/h5H,2,4H2,1H3. The molecule has 0 fully saturated rings. The van der Waals surface area contributed by atoms with E-state index >= 15 is 0 Å². The molecule has 0 bridgehead atoms. The van der Waals surface area contributed by atoms with E-state index in [1.807, 2.05) is 13.0 Å². The molecule has 2 heteroatoms. The lowest BCUT2D eigenvalue weighted by Crippen LogP contribution is -1.91. The van der Waals surface area contributed by atoms with Gasteiger partial charge in [0.15, 0.2) is 0 Å². The second-order valence-corrected chi connectivity index (χ2v) is 1.93. The van der Waals surface area contributed by atoms with Gasteiger partial charge in [-0.15, -0.1) is 11.6 Å². The molecular weight excluding hydrogens is 110 g/mol. The van der Waals surface area contributed by atoms with Crippen molar-refractivity contribution in [3.63, 3.8) is 0 Å². The van der Waals surface area contributed by atoms with Crippen LogP contribution in [0.5, 0.6) is 0 Å². The van der Waals surface area contributed by atoms with E-state index in [1.54, 1.807) is 0 Å². The lowest BCUT2D eigenvalue weighted by Gasteiger charge is -1.95. The topological polar surface area (TPSA) is 23.8 Å². The smallest absolute Gasteiger partial charge is 0.0625 e. The van der Waals surface area contributed by atoms with Gasteiger partial charge in [-0.2, -0.15) is 5.26 Å². The van der Waals surface area contributed by atoms with Gasteiger partial charge < -0.3 is 0 Å². The van der Waals surface area contributed by atoms with E-state index in [0.717, 1.165) is 0 Å². The van der Waals surface area contributed by atoms with E-state index in [0.29, 0.717) is 18.2 Å². The maximum atomic E-state index is 8.06. The zero-order valence-electron chi connectivity index (χ0n) is 4.32. The fourth-order valence-electron chi connectivity index (χ4n) is 0.210. The number of rotatable bonds is 2. The van der Waals surface area contributed by atoms with Gasteiger partial charge in [0.25, 0.3) is 0 Å². The highest BCUT2D eigenvalue weighted by Gasteiger charge is 1.94. The third-order valence-corrected chi connectivity index (χ3v) is 1.23. The molecule has 1 nitrogen and oxygen atoms in total. The predicted molar refractivity (Wildman–Crippen MR) is 30.1 cm³/mol. The monoisotopic (exact) mass is 117 g/mol. The number of nitriles is 1. The number of alkyl halides is 1. The minimum Gasteiger partial charge on any atom is -0.198 e. The molecule has 0 saturated heterocycles. The highest BCUT2D eigenvalue weighted by atomic mass is 35.5. The van der Waals surface area contributed by atoms with Crippen LogP contribution in [0, 0.1) is 17.2 Å². The molecule has 0 spiro atoms. The van der Waals surface area contributed by atoms with Crippen molar-refractivity contribution >= 4 is 11.6 Å². The molecule has 0 aromatic heterocycles. The van der Waals surface area contributed by atoms with Gasteiger partial charge in [0.05, 0.1) is 6.07 Å². The van der Waals surface area contributed by atoms with Gasteiger partial charge in [-0.1, -0.05) is 6.92 Å². The molecule has 1 atom stereocenters. The van der Waals surface area contributed by atoms with E-state index in [9.17, 15) is 0 Å². The van der Waals surface area contributed by atoms with Crippen LogP contribution in [0.1, 0.15) is 13.3 Å². The van der Waals surface area contributed by atoms with Crippen molar-refractivity contribution in [3.8, 4) is 6.07 Å². The van der Waals surface area contributed by atoms with E-state index in [-0.39, 0.29) is 0 Å². The molecule has 0 aromatic rings. The molecule has 0 rings (SSSR count). The first kappa shape index (κ1) is 6.78. The average molecular weight is 118 g/mol. The van der Waals surface area contributed by atoms with Crippen LogP contribution in [0.3, 0.4) is 0 Å². The third kappa shape index (κ3) is 3.61. The van der Waals surface area contributed by atoms with Gasteiger partial charge in [-0.05, 0) is 5.92 Å². The molecule has 0 amide bonds. The van der Waals surface area contributed by atoms with Crippen LogP contribution in [0.25, 0.3) is 0 Å². The fourth-order valence-corrected chi connectivity index (χ4v) is 0.320. The molecule has 1 unspecified atom stereocenters. The normalized spacial score (nSPS) is 12.7. The lowest BCUT2D eigenvalue weighted by molar-refractivity contribution is 0.679. The lowest BCUT2D eigenvalue weighted by atomic mass is 10.2. The maximum Gasteiger partial charge on any atom is 0.0625 e. The Morgan fingerprint density at radius 2 is 2.43 bits per heavy atom. The average Bonchev–Trinajstić information content (AvgIpc) is 1.68. The summed E-state index contributed by atoms with van der Waals surface area (Å²) in [6.45, 7) is 1.95. The quantitative estimate of drug-likeness (QED) is 0.506. The minimum absolute atomic E-state index is 0.353. The molecule has 7 heavy (non-hydrogen) atoms. The first-order valence-corrected chi connectivity index (χ1v) is 2.77. The van der Waals surface area contributed by atoms with Crippen LogP contribution < -0.4 is 0 Å².